The van der Waals surface area contributed by atoms with Gasteiger partial charge in [-0.25, -0.2) is 0 Å². The van der Waals surface area contributed by atoms with Crippen LogP contribution in [-0.2, 0) is 0 Å². The second-order valence-corrected chi connectivity index (χ2v) is 6.48. The maximum absolute atomic E-state index is 12.1. The maximum atomic E-state index is 12.1. The standard InChI is InChI=1S/C14H21N5OS/c1-8-6-19(7-9(2)18(8)4)14-11(13(20)17-3)12(16)10(5-15)21-14/h8-9H,6-7,16H2,1-4H3,(H,17,20). The first-order chi connectivity index (χ1) is 9.90. The van der Waals surface area contributed by atoms with Gasteiger partial charge in [0.25, 0.3) is 5.91 Å². The van der Waals surface area contributed by atoms with Crippen molar-refractivity contribution in [3.05, 3.63) is 10.4 Å². The molecule has 1 aromatic heterocycles. The summed E-state index contributed by atoms with van der Waals surface area (Å²) in [5, 5.41) is 12.6. The van der Waals surface area contributed by atoms with Gasteiger partial charge in [-0.15, -0.1) is 11.3 Å². The van der Waals surface area contributed by atoms with Crippen LogP contribution in [0.5, 0.6) is 0 Å². The summed E-state index contributed by atoms with van der Waals surface area (Å²) in [7, 11) is 3.68. The molecule has 2 unspecified atom stereocenters. The summed E-state index contributed by atoms with van der Waals surface area (Å²) in [6.45, 7) is 5.94. The molecule has 2 atom stereocenters. The number of nitrogen functional groups attached to an aromatic ring is 1. The number of hydrogen-bond acceptors (Lipinski definition) is 6. The van der Waals surface area contributed by atoms with Gasteiger partial charge < -0.3 is 16.0 Å². The molecule has 114 valence electrons. The number of nitrogens with zero attached hydrogens (tertiary/aromatic N) is 3. The van der Waals surface area contributed by atoms with Crippen molar-refractivity contribution in [2.24, 2.45) is 0 Å². The molecule has 0 bridgehead atoms. The van der Waals surface area contributed by atoms with Gasteiger partial charge in [0.05, 0.1) is 11.3 Å². The van der Waals surface area contributed by atoms with Crippen LogP contribution in [0.15, 0.2) is 0 Å². The predicted molar refractivity (Wildman–Crippen MR) is 85.7 cm³/mol. The van der Waals surface area contributed by atoms with E-state index < -0.39 is 0 Å². The summed E-state index contributed by atoms with van der Waals surface area (Å²) >= 11 is 1.30. The smallest absolute Gasteiger partial charge is 0.256 e. The van der Waals surface area contributed by atoms with Crippen molar-refractivity contribution in [3.63, 3.8) is 0 Å². The van der Waals surface area contributed by atoms with E-state index in [2.05, 4.69) is 42.1 Å². The van der Waals surface area contributed by atoms with Gasteiger partial charge in [0.15, 0.2) is 0 Å². The number of nitriles is 1. The first-order valence-corrected chi connectivity index (χ1v) is 7.73. The van der Waals surface area contributed by atoms with Crippen molar-refractivity contribution in [1.29, 1.82) is 5.26 Å². The van der Waals surface area contributed by atoms with E-state index in [-0.39, 0.29) is 11.6 Å². The number of piperazine rings is 1. The van der Waals surface area contributed by atoms with E-state index in [0.717, 1.165) is 18.1 Å². The van der Waals surface area contributed by atoms with Crippen LogP contribution in [0, 0.1) is 11.3 Å². The minimum Gasteiger partial charge on any atom is -0.396 e. The van der Waals surface area contributed by atoms with Gasteiger partial charge in [0.2, 0.25) is 0 Å². The van der Waals surface area contributed by atoms with Crippen LogP contribution < -0.4 is 16.0 Å². The number of rotatable bonds is 2. The van der Waals surface area contributed by atoms with E-state index in [1.54, 1.807) is 7.05 Å². The van der Waals surface area contributed by atoms with Crippen LogP contribution in [0.3, 0.4) is 0 Å². The lowest BCUT2D eigenvalue weighted by atomic mass is 10.1. The van der Waals surface area contributed by atoms with E-state index in [0.29, 0.717) is 22.5 Å². The number of nitrogens with one attached hydrogen (secondary N) is 1. The van der Waals surface area contributed by atoms with Gasteiger partial charge in [-0.2, -0.15) is 5.26 Å². The molecule has 21 heavy (non-hydrogen) atoms. The Balaban J connectivity index is 2.44. The van der Waals surface area contributed by atoms with Gasteiger partial charge in [0, 0.05) is 32.2 Å². The fourth-order valence-corrected chi connectivity index (χ4v) is 3.69. The zero-order valence-corrected chi connectivity index (χ0v) is 13.6. The molecule has 2 heterocycles. The van der Waals surface area contributed by atoms with Crippen molar-refractivity contribution in [2.75, 3.05) is 37.8 Å². The van der Waals surface area contributed by atoms with Crippen LogP contribution in [0.1, 0.15) is 29.1 Å². The summed E-state index contributed by atoms with van der Waals surface area (Å²) in [6.07, 6.45) is 0. The van der Waals surface area contributed by atoms with Crippen molar-refractivity contribution < 1.29 is 4.79 Å². The number of likely N-dealkylation sites (N-methyl/N-ethyl adjacent to an activating group) is 1. The molecular formula is C14H21N5OS. The van der Waals surface area contributed by atoms with Crippen molar-refractivity contribution in [2.45, 2.75) is 25.9 Å². The first kappa shape index (κ1) is 15.6. The number of carbonyl (C=O) groups is 1. The largest absolute Gasteiger partial charge is 0.396 e. The fraction of sp³-hybridized carbons (Fsp3) is 0.571. The Morgan fingerprint density at radius 3 is 2.48 bits per heavy atom. The highest BCUT2D eigenvalue weighted by molar-refractivity contribution is 7.17. The average molecular weight is 307 g/mol. The molecule has 0 aromatic carbocycles. The lowest BCUT2D eigenvalue weighted by molar-refractivity contribution is 0.0964. The van der Waals surface area contributed by atoms with Crippen molar-refractivity contribution >= 4 is 27.9 Å². The zero-order chi connectivity index (χ0) is 15.7. The second-order valence-electron chi connectivity index (χ2n) is 5.48. The van der Waals surface area contributed by atoms with Crippen LogP contribution in [0.2, 0.25) is 0 Å². The molecule has 1 amide bonds. The van der Waals surface area contributed by atoms with E-state index in [1.165, 1.54) is 11.3 Å². The second kappa shape index (κ2) is 5.92. The Morgan fingerprint density at radius 1 is 1.43 bits per heavy atom. The number of nitrogens with two attached hydrogens (primary N) is 1. The van der Waals surface area contributed by atoms with Crippen molar-refractivity contribution in [3.8, 4) is 6.07 Å². The predicted octanol–water partition coefficient (Wildman–Crippen LogP) is 1.09. The lowest BCUT2D eigenvalue weighted by Gasteiger charge is -2.43. The molecule has 1 fully saturated rings. The molecule has 0 saturated carbocycles. The molecule has 7 heteroatoms. The molecule has 0 radical (unpaired) electrons. The van der Waals surface area contributed by atoms with Crippen LogP contribution in [0.4, 0.5) is 10.7 Å². The van der Waals surface area contributed by atoms with Gasteiger partial charge in [0.1, 0.15) is 15.9 Å². The quantitative estimate of drug-likeness (QED) is 0.854. The van der Waals surface area contributed by atoms with Crippen LogP contribution in [-0.4, -0.2) is 50.1 Å². The van der Waals surface area contributed by atoms with Crippen molar-refractivity contribution in [1.82, 2.24) is 10.2 Å². The molecule has 0 spiro atoms. The Morgan fingerprint density at radius 2 is 2.00 bits per heavy atom. The molecule has 1 aliphatic rings. The Kier molecular flexibility index (Phi) is 4.40. The summed E-state index contributed by atoms with van der Waals surface area (Å²) < 4.78 is 0. The minimum atomic E-state index is -0.237. The van der Waals surface area contributed by atoms with E-state index in [4.69, 9.17) is 5.73 Å². The highest BCUT2D eigenvalue weighted by Crippen LogP contribution is 2.39. The minimum absolute atomic E-state index is 0.237. The third kappa shape index (κ3) is 2.69. The summed E-state index contributed by atoms with van der Waals surface area (Å²) in [5.74, 6) is -0.237. The van der Waals surface area contributed by atoms with E-state index in [1.807, 2.05) is 0 Å². The molecule has 6 nitrogen and oxygen atoms in total. The van der Waals surface area contributed by atoms with Gasteiger partial charge in [-0.05, 0) is 20.9 Å². The normalized spacial score (nSPS) is 22.9. The maximum Gasteiger partial charge on any atom is 0.256 e. The first-order valence-electron chi connectivity index (χ1n) is 6.92. The fourth-order valence-electron chi connectivity index (χ4n) is 2.65. The number of anilines is 2. The molecule has 1 aliphatic heterocycles. The summed E-state index contributed by atoms with van der Waals surface area (Å²) in [5.41, 5.74) is 6.71. The van der Waals surface area contributed by atoms with Crippen LogP contribution in [0.25, 0.3) is 0 Å². The Bertz CT molecular complexity index is 579. The van der Waals surface area contributed by atoms with E-state index in [9.17, 15) is 10.1 Å². The average Bonchev–Trinajstić information content (AvgIpc) is 2.80. The van der Waals surface area contributed by atoms with Gasteiger partial charge in [-0.3, -0.25) is 9.69 Å². The van der Waals surface area contributed by atoms with Crippen LogP contribution >= 0.6 is 11.3 Å². The van der Waals surface area contributed by atoms with E-state index >= 15 is 0 Å². The Labute approximate surface area is 129 Å². The highest BCUT2D eigenvalue weighted by Gasteiger charge is 2.31. The monoisotopic (exact) mass is 307 g/mol. The molecule has 2 rings (SSSR count). The molecule has 3 N–H and O–H groups in total. The summed E-state index contributed by atoms with van der Waals surface area (Å²) in [6, 6.07) is 2.83. The number of thiophene rings is 1. The number of amides is 1. The topological polar surface area (TPSA) is 85.4 Å². The number of hydrogen-bond donors (Lipinski definition) is 2. The highest BCUT2D eigenvalue weighted by atomic mass is 32.1. The number of carbonyl (C=O) groups excluding carboxylic acids is 1. The molecule has 1 aromatic rings. The third-order valence-electron chi connectivity index (χ3n) is 4.13. The summed E-state index contributed by atoms with van der Waals surface area (Å²) in [4.78, 5) is 17.0. The third-order valence-corrected chi connectivity index (χ3v) is 5.30. The Hall–Kier alpha value is -1.78. The SMILES string of the molecule is CNC(=O)c1c(N2CC(C)N(C)C(C)C2)sc(C#N)c1N. The van der Waals surface area contributed by atoms with Gasteiger partial charge >= 0.3 is 0 Å². The van der Waals surface area contributed by atoms with Gasteiger partial charge in [-0.1, -0.05) is 0 Å². The lowest BCUT2D eigenvalue weighted by Crippen LogP contribution is -2.55. The molecular weight excluding hydrogens is 286 g/mol. The molecule has 0 aliphatic carbocycles. The zero-order valence-electron chi connectivity index (χ0n) is 12.8. The molecule has 1 saturated heterocycles.